The molecule has 1 unspecified atom stereocenters. The Balaban J connectivity index is 1.66. The van der Waals surface area contributed by atoms with Gasteiger partial charge in [-0.1, -0.05) is 25.1 Å². The Hall–Kier alpha value is -2.60. The van der Waals surface area contributed by atoms with Crippen LogP contribution in [0.25, 0.3) is 0 Å². The maximum atomic E-state index is 11.6. The minimum Gasteiger partial charge on any atom is -0.481 e. The number of rotatable bonds is 6. The van der Waals surface area contributed by atoms with Crippen LogP contribution in [0.15, 0.2) is 42.6 Å². The first-order valence-corrected chi connectivity index (χ1v) is 9.08. The number of nitrogens with zero attached hydrogens (tertiary/aromatic N) is 3. The molecule has 0 radical (unpaired) electrons. The molecule has 2 aromatic rings. The molecule has 1 aliphatic rings. The van der Waals surface area contributed by atoms with Crippen LogP contribution in [0.3, 0.4) is 0 Å². The number of aliphatic carboxylic acids is 1. The Morgan fingerprint density at radius 3 is 2.50 bits per heavy atom. The first kappa shape index (κ1) is 18.2. The van der Waals surface area contributed by atoms with Gasteiger partial charge in [-0.15, -0.1) is 0 Å². The van der Waals surface area contributed by atoms with E-state index in [1.54, 1.807) is 6.20 Å². The second-order valence-electron chi connectivity index (χ2n) is 6.72. The molecule has 2 heterocycles. The number of anilines is 2. The van der Waals surface area contributed by atoms with Crippen LogP contribution in [0.5, 0.6) is 0 Å². The standard InChI is InChI=1S/C20H26N4O2/c1-2-17(20(25)26)18-4-3-9-22-19(18)24-12-10-23(11-13-24)14-15-5-7-16(21)8-6-15/h3-9,17H,2,10-14,21H2,1H3,(H,25,26). The molecule has 1 aromatic heterocycles. The number of carboxylic acid groups (broad SMARTS) is 1. The van der Waals surface area contributed by atoms with Crippen LogP contribution in [0.2, 0.25) is 0 Å². The number of piperazine rings is 1. The summed E-state index contributed by atoms with van der Waals surface area (Å²) in [6, 6.07) is 11.7. The molecule has 0 amide bonds. The summed E-state index contributed by atoms with van der Waals surface area (Å²) in [5.41, 5.74) is 8.59. The van der Waals surface area contributed by atoms with Gasteiger partial charge >= 0.3 is 5.97 Å². The number of pyridine rings is 1. The molecule has 0 bridgehead atoms. The van der Waals surface area contributed by atoms with Crippen molar-refractivity contribution in [2.45, 2.75) is 25.8 Å². The molecule has 26 heavy (non-hydrogen) atoms. The minimum atomic E-state index is -0.788. The lowest BCUT2D eigenvalue weighted by atomic mass is 9.96. The van der Waals surface area contributed by atoms with Gasteiger partial charge < -0.3 is 15.7 Å². The third-order valence-electron chi connectivity index (χ3n) is 4.96. The summed E-state index contributed by atoms with van der Waals surface area (Å²) in [7, 11) is 0. The smallest absolute Gasteiger partial charge is 0.311 e. The lowest BCUT2D eigenvalue weighted by Crippen LogP contribution is -2.46. The second-order valence-corrected chi connectivity index (χ2v) is 6.72. The zero-order valence-electron chi connectivity index (χ0n) is 15.1. The molecule has 1 saturated heterocycles. The number of benzene rings is 1. The van der Waals surface area contributed by atoms with E-state index in [1.165, 1.54) is 5.56 Å². The topological polar surface area (TPSA) is 82.7 Å². The fraction of sp³-hybridized carbons (Fsp3) is 0.400. The summed E-state index contributed by atoms with van der Waals surface area (Å²) < 4.78 is 0. The average Bonchev–Trinajstić information content (AvgIpc) is 2.65. The number of aromatic nitrogens is 1. The summed E-state index contributed by atoms with van der Waals surface area (Å²) in [4.78, 5) is 20.7. The number of hydrogen-bond donors (Lipinski definition) is 2. The first-order chi connectivity index (χ1) is 12.6. The van der Waals surface area contributed by atoms with E-state index in [-0.39, 0.29) is 0 Å². The van der Waals surface area contributed by atoms with Gasteiger partial charge in [-0.05, 0) is 30.2 Å². The summed E-state index contributed by atoms with van der Waals surface area (Å²) in [6.45, 7) is 6.33. The maximum Gasteiger partial charge on any atom is 0.311 e. The van der Waals surface area contributed by atoms with Crippen LogP contribution in [-0.2, 0) is 11.3 Å². The summed E-state index contributed by atoms with van der Waals surface area (Å²) >= 11 is 0. The lowest BCUT2D eigenvalue weighted by molar-refractivity contribution is -0.138. The van der Waals surface area contributed by atoms with Crippen molar-refractivity contribution >= 4 is 17.5 Å². The lowest BCUT2D eigenvalue weighted by Gasteiger charge is -2.36. The molecule has 1 fully saturated rings. The van der Waals surface area contributed by atoms with Crippen molar-refractivity contribution in [3.63, 3.8) is 0 Å². The molecule has 0 saturated carbocycles. The van der Waals surface area contributed by atoms with Crippen molar-refractivity contribution in [1.82, 2.24) is 9.88 Å². The van der Waals surface area contributed by atoms with Gasteiger partial charge in [0.25, 0.3) is 0 Å². The molecule has 0 spiro atoms. The van der Waals surface area contributed by atoms with E-state index >= 15 is 0 Å². The molecule has 1 atom stereocenters. The molecule has 6 heteroatoms. The SMILES string of the molecule is CCC(C(=O)O)c1cccnc1N1CCN(Cc2ccc(N)cc2)CC1. The number of carbonyl (C=O) groups is 1. The predicted octanol–water partition coefficient (Wildman–Crippen LogP) is 2.56. The molecule has 0 aliphatic carbocycles. The van der Waals surface area contributed by atoms with Crippen LogP contribution in [0.1, 0.15) is 30.4 Å². The second kappa shape index (κ2) is 8.19. The van der Waals surface area contributed by atoms with Crippen molar-refractivity contribution in [2.24, 2.45) is 0 Å². The third-order valence-corrected chi connectivity index (χ3v) is 4.96. The van der Waals surface area contributed by atoms with Gasteiger partial charge in [-0.25, -0.2) is 4.98 Å². The van der Waals surface area contributed by atoms with Gasteiger partial charge in [-0.2, -0.15) is 0 Å². The quantitative estimate of drug-likeness (QED) is 0.776. The molecular weight excluding hydrogens is 328 g/mol. The van der Waals surface area contributed by atoms with Crippen LogP contribution >= 0.6 is 0 Å². The van der Waals surface area contributed by atoms with Crippen LogP contribution in [0, 0.1) is 0 Å². The summed E-state index contributed by atoms with van der Waals surface area (Å²) in [6.07, 6.45) is 2.30. The largest absolute Gasteiger partial charge is 0.481 e. The van der Waals surface area contributed by atoms with Crippen molar-refractivity contribution in [3.8, 4) is 0 Å². The molecule has 3 N–H and O–H groups in total. The maximum absolute atomic E-state index is 11.6. The number of nitrogens with two attached hydrogens (primary N) is 1. The van der Waals surface area contributed by atoms with Gasteiger partial charge in [0.05, 0.1) is 5.92 Å². The highest BCUT2D eigenvalue weighted by Gasteiger charge is 2.26. The van der Waals surface area contributed by atoms with E-state index in [0.29, 0.717) is 6.42 Å². The Kier molecular flexibility index (Phi) is 5.73. The molecule has 3 rings (SSSR count). The van der Waals surface area contributed by atoms with Gasteiger partial charge in [0.1, 0.15) is 5.82 Å². The average molecular weight is 354 g/mol. The zero-order valence-corrected chi connectivity index (χ0v) is 15.1. The summed E-state index contributed by atoms with van der Waals surface area (Å²) in [5.74, 6) is -0.482. The highest BCUT2D eigenvalue weighted by Crippen LogP contribution is 2.29. The Labute approximate surface area is 154 Å². The van der Waals surface area contributed by atoms with Crippen LogP contribution in [-0.4, -0.2) is 47.1 Å². The number of nitrogen functional groups attached to an aromatic ring is 1. The van der Waals surface area contributed by atoms with E-state index in [2.05, 4.69) is 26.9 Å². The van der Waals surface area contributed by atoms with Crippen molar-refractivity contribution in [1.29, 1.82) is 0 Å². The first-order valence-electron chi connectivity index (χ1n) is 9.08. The number of carboxylic acids is 1. The normalized spacial score (nSPS) is 16.4. The highest BCUT2D eigenvalue weighted by atomic mass is 16.4. The van der Waals surface area contributed by atoms with Crippen molar-refractivity contribution in [2.75, 3.05) is 36.8 Å². The van der Waals surface area contributed by atoms with Gasteiger partial charge in [-0.3, -0.25) is 9.69 Å². The third kappa shape index (κ3) is 4.14. The predicted molar refractivity (Wildman–Crippen MR) is 103 cm³/mol. The Bertz CT molecular complexity index is 740. The van der Waals surface area contributed by atoms with Crippen LogP contribution < -0.4 is 10.6 Å². The monoisotopic (exact) mass is 354 g/mol. The van der Waals surface area contributed by atoms with E-state index in [4.69, 9.17) is 5.73 Å². The molecular formula is C20H26N4O2. The van der Waals surface area contributed by atoms with Gasteiger partial charge in [0.15, 0.2) is 0 Å². The van der Waals surface area contributed by atoms with E-state index in [1.807, 2.05) is 31.2 Å². The van der Waals surface area contributed by atoms with Crippen LogP contribution in [0.4, 0.5) is 11.5 Å². The molecule has 1 aromatic carbocycles. The Morgan fingerprint density at radius 1 is 1.19 bits per heavy atom. The van der Waals surface area contributed by atoms with Gasteiger partial charge in [0.2, 0.25) is 0 Å². The molecule has 138 valence electrons. The number of hydrogen-bond acceptors (Lipinski definition) is 5. The van der Waals surface area contributed by atoms with E-state index < -0.39 is 11.9 Å². The fourth-order valence-electron chi connectivity index (χ4n) is 3.47. The van der Waals surface area contributed by atoms with Crippen molar-refractivity contribution in [3.05, 3.63) is 53.7 Å². The molecule has 1 aliphatic heterocycles. The van der Waals surface area contributed by atoms with E-state index in [9.17, 15) is 9.90 Å². The van der Waals surface area contributed by atoms with E-state index in [0.717, 1.165) is 49.8 Å². The Morgan fingerprint density at radius 2 is 1.88 bits per heavy atom. The minimum absolute atomic E-state index is 0.508. The van der Waals surface area contributed by atoms with Gasteiger partial charge in [0, 0.05) is 50.2 Å². The van der Waals surface area contributed by atoms with Crippen molar-refractivity contribution < 1.29 is 9.90 Å². The summed E-state index contributed by atoms with van der Waals surface area (Å²) in [5, 5.41) is 9.51. The highest BCUT2D eigenvalue weighted by molar-refractivity contribution is 5.78. The zero-order chi connectivity index (χ0) is 18.5. The molecule has 6 nitrogen and oxygen atoms in total. The fourth-order valence-corrected chi connectivity index (χ4v) is 3.47.